The number of esters is 2. The lowest BCUT2D eigenvalue weighted by molar-refractivity contribution is -0.138. The maximum atomic E-state index is 12.6. The summed E-state index contributed by atoms with van der Waals surface area (Å²) in [6.07, 6.45) is 2.51. The van der Waals surface area contributed by atoms with Crippen LogP contribution < -0.4 is 9.80 Å². The van der Waals surface area contributed by atoms with Crippen molar-refractivity contribution in [3.05, 3.63) is 76.9 Å². The number of carbonyl (C=O) groups excluding carboxylic acids is 2. The molecule has 6 heteroatoms. The van der Waals surface area contributed by atoms with Crippen LogP contribution in [0.25, 0.3) is 16.8 Å². The molecule has 0 amide bonds. The summed E-state index contributed by atoms with van der Waals surface area (Å²) < 4.78 is 10.5. The molecule has 0 aliphatic rings. The Kier molecular flexibility index (Phi) is 9.95. The Morgan fingerprint density at radius 2 is 1.47 bits per heavy atom. The van der Waals surface area contributed by atoms with Crippen LogP contribution >= 0.6 is 0 Å². The Morgan fingerprint density at radius 1 is 0.816 bits per heavy atom. The quantitative estimate of drug-likeness (QED) is 0.207. The molecule has 0 bridgehead atoms. The van der Waals surface area contributed by atoms with Crippen LogP contribution in [0.3, 0.4) is 0 Å². The third kappa shape index (κ3) is 7.39. The number of anilines is 2. The zero-order valence-corrected chi connectivity index (χ0v) is 23.1. The van der Waals surface area contributed by atoms with Gasteiger partial charge < -0.3 is 19.3 Å². The highest BCUT2D eigenvalue weighted by molar-refractivity contribution is 5.98. The zero-order chi connectivity index (χ0) is 27.7. The average molecular weight is 513 g/mol. The number of hydrogen-bond acceptors (Lipinski definition) is 6. The first-order valence-corrected chi connectivity index (χ1v) is 12.7. The van der Waals surface area contributed by atoms with Crippen molar-refractivity contribution in [2.45, 2.75) is 26.7 Å². The van der Waals surface area contributed by atoms with Gasteiger partial charge in [-0.1, -0.05) is 30.0 Å². The number of hydrogen-bond donors (Lipinski definition) is 0. The fourth-order valence-corrected chi connectivity index (χ4v) is 3.97. The van der Waals surface area contributed by atoms with Crippen LogP contribution in [0.4, 0.5) is 11.4 Å². The van der Waals surface area contributed by atoms with E-state index in [1.54, 1.807) is 13.8 Å². The lowest BCUT2D eigenvalue weighted by Gasteiger charge is -2.15. The Labute approximate surface area is 225 Å². The second-order valence-electron chi connectivity index (χ2n) is 9.24. The standard InChI is InChI=1S/C32H36N2O4/c1-7-37-31(35)26(19-23-13-16-28(17-14-23)33(3)4)12-10-9-11-24-20-27(32(36)38-8-2)21-25-15-18-29(34(5)6)22-30(24)25/h13-22H,7-8,11-12H2,1-6H3/b26-19-. The molecule has 0 heterocycles. The smallest absolute Gasteiger partial charge is 0.338 e. The van der Waals surface area contributed by atoms with Crippen molar-refractivity contribution in [3.63, 3.8) is 0 Å². The van der Waals surface area contributed by atoms with E-state index in [-0.39, 0.29) is 18.4 Å². The molecule has 6 nitrogen and oxygen atoms in total. The van der Waals surface area contributed by atoms with Crippen molar-refractivity contribution in [2.75, 3.05) is 51.2 Å². The summed E-state index contributed by atoms with van der Waals surface area (Å²) in [7, 11) is 7.95. The second kappa shape index (κ2) is 13.3. The minimum atomic E-state index is -0.371. The van der Waals surface area contributed by atoms with Crippen molar-refractivity contribution in [1.29, 1.82) is 0 Å². The van der Waals surface area contributed by atoms with Gasteiger partial charge in [-0.2, -0.15) is 0 Å². The molecular formula is C32H36N2O4. The van der Waals surface area contributed by atoms with Crippen LogP contribution in [0.15, 0.2) is 60.2 Å². The van der Waals surface area contributed by atoms with Gasteiger partial charge in [-0.3, -0.25) is 0 Å². The fraction of sp³-hybridized carbons (Fsp3) is 0.312. The maximum Gasteiger partial charge on any atom is 0.338 e. The van der Waals surface area contributed by atoms with Crippen LogP contribution in [0.5, 0.6) is 0 Å². The topological polar surface area (TPSA) is 59.1 Å². The zero-order valence-electron chi connectivity index (χ0n) is 23.1. The normalized spacial score (nSPS) is 10.9. The Bertz CT molecular complexity index is 1380. The third-order valence-electron chi connectivity index (χ3n) is 6.02. The average Bonchev–Trinajstić information content (AvgIpc) is 2.90. The highest BCUT2D eigenvalue weighted by Crippen LogP contribution is 2.27. The molecule has 0 aliphatic carbocycles. The van der Waals surface area contributed by atoms with Gasteiger partial charge in [0.2, 0.25) is 0 Å². The molecular weight excluding hydrogens is 476 g/mol. The number of fused-ring (bicyclic) bond motifs is 1. The van der Waals surface area contributed by atoms with Crippen molar-refractivity contribution >= 4 is 40.2 Å². The molecule has 0 aromatic heterocycles. The second-order valence-corrected chi connectivity index (χ2v) is 9.24. The van der Waals surface area contributed by atoms with Gasteiger partial charge >= 0.3 is 11.9 Å². The van der Waals surface area contributed by atoms with E-state index in [1.165, 1.54) is 0 Å². The van der Waals surface area contributed by atoms with E-state index in [2.05, 4.69) is 17.9 Å². The molecule has 0 fully saturated rings. The number of ether oxygens (including phenoxy) is 2. The van der Waals surface area contributed by atoms with Gasteiger partial charge in [-0.25, -0.2) is 9.59 Å². The Hall–Kier alpha value is -4.24. The van der Waals surface area contributed by atoms with E-state index in [0.29, 0.717) is 30.8 Å². The van der Waals surface area contributed by atoms with E-state index < -0.39 is 0 Å². The van der Waals surface area contributed by atoms with Gasteiger partial charge in [-0.15, -0.1) is 0 Å². The minimum Gasteiger partial charge on any atom is -0.463 e. The molecule has 3 aromatic carbocycles. The first-order chi connectivity index (χ1) is 18.2. The Balaban J connectivity index is 1.91. The summed E-state index contributed by atoms with van der Waals surface area (Å²) in [5, 5.41) is 1.98. The van der Waals surface area contributed by atoms with Crippen LogP contribution in [0, 0.1) is 11.8 Å². The molecule has 3 aromatic rings. The summed E-state index contributed by atoms with van der Waals surface area (Å²) in [6.45, 7) is 4.19. The van der Waals surface area contributed by atoms with Gasteiger partial charge in [-0.05, 0) is 78.2 Å². The number of rotatable bonds is 9. The van der Waals surface area contributed by atoms with E-state index in [1.807, 2.05) is 92.6 Å². The lowest BCUT2D eigenvalue weighted by atomic mass is 9.98. The highest BCUT2D eigenvalue weighted by atomic mass is 16.5. The van der Waals surface area contributed by atoms with Crippen molar-refractivity contribution < 1.29 is 19.1 Å². The molecule has 0 N–H and O–H groups in total. The molecule has 38 heavy (non-hydrogen) atoms. The van der Waals surface area contributed by atoms with Gasteiger partial charge in [0.1, 0.15) is 0 Å². The van der Waals surface area contributed by atoms with Crippen LogP contribution in [-0.4, -0.2) is 53.3 Å². The highest BCUT2D eigenvalue weighted by Gasteiger charge is 2.13. The number of carbonyl (C=O) groups is 2. The van der Waals surface area contributed by atoms with Crippen LogP contribution in [-0.2, 0) is 20.7 Å². The molecule has 0 unspecified atom stereocenters. The molecule has 0 atom stereocenters. The maximum absolute atomic E-state index is 12.6. The summed E-state index contributed by atoms with van der Waals surface area (Å²) >= 11 is 0. The van der Waals surface area contributed by atoms with Crippen LogP contribution in [0.2, 0.25) is 0 Å². The Morgan fingerprint density at radius 3 is 2.11 bits per heavy atom. The van der Waals surface area contributed by atoms with Crippen molar-refractivity contribution in [2.24, 2.45) is 0 Å². The third-order valence-corrected chi connectivity index (χ3v) is 6.02. The predicted octanol–water partition coefficient (Wildman–Crippen LogP) is 5.73. The minimum absolute atomic E-state index is 0.257. The van der Waals surface area contributed by atoms with Crippen molar-refractivity contribution in [1.82, 2.24) is 0 Å². The predicted molar refractivity (Wildman–Crippen MR) is 156 cm³/mol. The molecule has 198 valence electrons. The summed E-state index contributed by atoms with van der Waals surface area (Å²) in [5.41, 5.74) is 4.98. The molecule has 0 saturated carbocycles. The first-order valence-electron chi connectivity index (χ1n) is 12.7. The number of benzene rings is 3. The fourth-order valence-electron chi connectivity index (χ4n) is 3.97. The summed E-state index contributed by atoms with van der Waals surface area (Å²) in [5.74, 6) is 5.63. The SMILES string of the molecule is CCOC(=O)/C(=C\c1ccc(N(C)C)cc1)CC#CCc1cc(C(=O)OCC)cc2ccc(N(C)C)cc12. The monoisotopic (exact) mass is 512 g/mol. The molecule has 0 saturated heterocycles. The van der Waals surface area contributed by atoms with Gasteiger partial charge in [0.05, 0.1) is 18.8 Å². The lowest BCUT2D eigenvalue weighted by Crippen LogP contribution is -2.09. The summed E-state index contributed by atoms with van der Waals surface area (Å²) in [6, 6.07) is 17.8. The van der Waals surface area contributed by atoms with Gasteiger partial charge in [0, 0.05) is 58.0 Å². The van der Waals surface area contributed by atoms with E-state index in [4.69, 9.17) is 9.47 Å². The van der Waals surface area contributed by atoms with E-state index in [9.17, 15) is 9.59 Å². The molecule has 0 spiro atoms. The summed E-state index contributed by atoms with van der Waals surface area (Å²) in [4.78, 5) is 29.2. The van der Waals surface area contributed by atoms with Crippen molar-refractivity contribution in [3.8, 4) is 11.8 Å². The van der Waals surface area contributed by atoms with E-state index in [0.717, 1.165) is 33.3 Å². The first kappa shape index (κ1) is 28.3. The molecule has 3 rings (SSSR count). The largest absolute Gasteiger partial charge is 0.463 e. The number of nitrogens with zero attached hydrogens (tertiary/aromatic N) is 2. The molecule has 0 radical (unpaired) electrons. The van der Waals surface area contributed by atoms with E-state index >= 15 is 0 Å². The van der Waals surface area contributed by atoms with Crippen LogP contribution in [0.1, 0.15) is 41.8 Å². The van der Waals surface area contributed by atoms with Gasteiger partial charge in [0.25, 0.3) is 0 Å². The molecule has 0 aliphatic heterocycles. The van der Waals surface area contributed by atoms with Gasteiger partial charge in [0.15, 0.2) is 0 Å².